The van der Waals surface area contributed by atoms with Crippen LogP contribution in [0, 0.1) is 19.8 Å². The van der Waals surface area contributed by atoms with E-state index in [1.165, 1.54) is 6.33 Å². The Balaban J connectivity index is 1.96. The predicted octanol–water partition coefficient (Wildman–Crippen LogP) is 2.00. The summed E-state index contributed by atoms with van der Waals surface area (Å²) in [7, 11) is -3.73. The fourth-order valence-electron chi connectivity index (χ4n) is 2.69. The molecule has 0 unspecified atom stereocenters. The number of sulfonamides is 1. The molecule has 1 N–H and O–H groups in total. The highest BCUT2D eigenvalue weighted by atomic mass is 32.2. The highest BCUT2D eigenvalue weighted by Gasteiger charge is 2.25. The summed E-state index contributed by atoms with van der Waals surface area (Å²) in [6.07, 6.45) is 3.15. The van der Waals surface area contributed by atoms with Crippen LogP contribution in [0.25, 0.3) is 5.65 Å². The van der Waals surface area contributed by atoms with Crippen molar-refractivity contribution in [2.75, 3.05) is 4.72 Å². The molecule has 0 saturated heterocycles. The third-order valence-electron chi connectivity index (χ3n) is 3.67. The van der Waals surface area contributed by atoms with Crippen molar-refractivity contribution in [1.82, 2.24) is 24.4 Å². The van der Waals surface area contributed by atoms with Crippen molar-refractivity contribution >= 4 is 21.4 Å². The molecule has 0 atom stereocenters. The molecule has 128 valence electrons. The number of nitrogens with zero attached hydrogens (tertiary/aromatic N) is 5. The van der Waals surface area contributed by atoms with Gasteiger partial charge in [0.25, 0.3) is 10.0 Å². The number of rotatable bonds is 5. The van der Waals surface area contributed by atoms with Crippen molar-refractivity contribution in [1.29, 1.82) is 0 Å². The number of fused-ring (bicyclic) bond motifs is 1. The summed E-state index contributed by atoms with van der Waals surface area (Å²) in [5.74, 6) is 0.377. The summed E-state index contributed by atoms with van der Waals surface area (Å²) >= 11 is 0. The normalized spacial score (nSPS) is 12.2. The molecular weight excluding hydrogens is 328 g/mol. The summed E-state index contributed by atoms with van der Waals surface area (Å²) < 4.78 is 31.6. The third kappa shape index (κ3) is 2.99. The average Bonchev–Trinajstić information content (AvgIpc) is 3.02. The lowest BCUT2D eigenvalue weighted by molar-refractivity contribution is 0.472. The van der Waals surface area contributed by atoms with Gasteiger partial charge >= 0.3 is 0 Å². The van der Waals surface area contributed by atoms with Crippen LogP contribution in [0.5, 0.6) is 0 Å². The van der Waals surface area contributed by atoms with E-state index in [0.717, 1.165) is 0 Å². The lowest BCUT2D eigenvalue weighted by Gasteiger charge is -2.10. The second kappa shape index (κ2) is 5.90. The average molecular weight is 348 g/mol. The zero-order valence-electron chi connectivity index (χ0n) is 14.1. The molecule has 0 amide bonds. The quantitative estimate of drug-likeness (QED) is 0.761. The van der Waals surface area contributed by atoms with E-state index >= 15 is 0 Å². The maximum atomic E-state index is 12.8. The van der Waals surface area contributed by atoms with Crippen LogP contribution in [0.1, 0.15) is 25.2 Å². The molecule has 3 heterocycles. The standard InChI is InChI=1S/C15H20N6O2S/c1-10(2)7-21-12(4)15(11(3)18-21)24(22,23)19-13-5-6-14-17-16-9-20(14)8-13/h5-6,8-10,19H,7H2,1-4H3. The molecule has 0 spiro atoms. The topological polar surface area (TPSA) is 94.2 Å². The first-order chi connectivity index (χ1) is 11.3. The van der Waals surface area contributed by atoms with E-state index in [2.05, 4.69) is 33.9 Å². The highest BCUT2D eigenvalue weighted by Crippen LogP contribution is 2.23. The van der Waals surface area contributed by atoms with Gasteiger partial charge in [0, 0.05) is 12.7 Å². The van der Waals surface area contributed by atoms with Gasteiger partial charge in [0.2, 0.25) is 0 Å². The fraction of sp³-hybridized carbons (Fsp3) is 0.400. The van der Waals surface area contributed by atoms with Gasteiger partial charge in [-0.05, 0) is 31.9 Å². The molecule has 0 aromatic carbocycles. The molecule has 8 nitrogen and oxygen atoms in total. The Morgan fingerprint density at radius 1 is 1.25 bits per heavy atom. The van der Waals surface area contributed by atoms with E-state index < -0.39 is 10.0 Å². The number of nitrogens with one attached hydrogen (secondary N) is 1. The van der Waals surface area contributed by atoms with Crippen molar-refractivity contribution < 1.29 is 8.42 Å². The Morgan fingerprint density at radius 3 is 2.71 bits per heavy atom. The van der Waals surface area contributed by atoms with Crippen molar-refractivity contribution in [2.24, 2.45) is 5.92 Å². The lowest BCUT2D eigenvalue weighted by Crippen LogP contribution is -2.15. The molecule has 24 heavy (non-hydrogen) atoms. The van der Waals surface area contributed by atoms with E-state index in [0.29, 0.717) is 35.2 Å². The predicted molar refractivity (Wildman–Crippen MR) is 90.3 cm³/mol. The molecule has 0 aliphatic rings. The number of anilines is 1. The Morgan fingerprint density at radius 2 is 2.00 bits per heavy atom. The first kappa shape index (κ1) is 16.4. The van der Waals surface area contributed by atoms with Gasteiger partial charge in [-0.1, -0.05) is 13.8 Å². The molecule has 0 radical (unpaired) electrons. The van der Waals surface area contributed by atoms with Crippen LogP contribution in [-0.2, 0) is 16.6 Å². The molecule has 3 aromatic rings. The Labute approximate surface area is 140 Å². The molecule has 3 aromatic heterocycles. The van der Waals surface area contributed by atoms with Crippen molar-refractivity contribution in [2.45, 2.75) is 39.1 Å². The second-order valence-corrected chi connectivity index (χ2v) is 7.81. The first-order valence-corrected chi connectivity index (χ1v) is 9.12. The Bertz CT molecular complexity index is 987. The Hall–Kier alpha value is -2.42. The lowest BCUT2D eigenvalue weighted by atomic mass is 10.2. The van der Waals surface area contributed by atoms with Crippen molar-refractivity contribution in [3.8, 4) is 0 Å². The van der Waals surface area contributed by atoms with Crippen LogP contribution < -0.4 is 4.72 Å². The van der Waals surface area contributed by atoms with E-state index in [4.69, 9.17) is 0 Å². The monoisotopic (exact) mass is 348 g/mol. The SMILES string of the molecule is Cc1nn(CC(C)C)c(C)c1S(=O)(=O)Nc1ccc2nncn2c1. The number of aryl methyl sites for hydroxylation is 1. The minimum atomic E-state index is -3.73. The second-order valence-electron chi connectivity index (χ2n) is 6.20. The summed E-state index contributed by atoms with van der Waals surface area (Å²) in [6, 6.07) is 3.36. The maximum absolute atomic E-state index is 12.8. The molecule has 0 aliphatic carbocycles. The minimum Gasteiger partial charge on any atom is -0.287 e. The van der Waals surface area contributed by atoms with Gasteiger partial charge in [0.1, 0.15) is 11.2 Å². The van der Waals surface area contributed by atoms with Crippen molar-refractivity contribution in [3.63, 3.8) is 0 Å². The van der Waals surface area contributed by atoms with Gasteiger partial charge in [0.15, 0.2) is 5.65 Å². The molecule has 0 bridgehead atoms. The fourth-order valence-corrected chi connectivity index (χ4v) is 4.14. The number of pyridine rings is 1. The first-order valence-electron chi connectivity index (χ1n) is 7.64. The van der Waals surface area contributed by atoms with Crippen LogP contribution in [0.3, 0.4) is 0 Å². The zero-order valence-corrected chi connectivity index (χ0v) is 14.9. The van der Waals surface area contributed by atoms with Crippen LogP contribution in [-0.4, -0.2) is 32.8 Å². The largest absolute Gasteiger partial charge is 0.287 e. The van der Waals surface area contributed by atoms with E-state index in [9.17, 15) is 8.42 Å². The van der Waals surface area contributed by atoms with Crippen LogP contribution in [0.15, 0.2) is 29.6 Å². The van der Waals surface area contributed by atoms with E-state index in [-0.39, 0.29) is 4.90 Å². The maximum Gasteiger partial charge on any atom is 0.265 e. The smallest absolute Gasteiger partial charge is 0.265 e. The summed E-state index contributed by atoms with van der Waals surface area (Å²) in [6.45, 7) is 8.30. The van der Waals surface area contributed by atoms with Gasteiger partial charge in [0.05, 0.1) is 17.1 Å². The molecule has 3 rings (SSSR count). The molecule has 9 heteroatoms. The van der Waals surface area contributed by atoms with Gasteiger partial charge in [-0.3, -0.25) is 13.8 Å². The van der Waals surface area contributed by atoms with Gasteiger partial charge in [-0.15, -0.1) is 10.2 Å². The zero-order chi connectivity index (χ0) is 17.5. The van der Waals surface area contributed by atoms with Crippen LogP contribution in [0.4, 0.5) is 5.69 Å². The molecule has 0 saturated carbocycles. The van der Waals surface area contributed by atoms with Gasteiger partial charge in [-0.2, -0.15) is 5.10 Å². The minimum absolute atomic E-state index is 0.229. The molecule has 0 aliphatic heterocycles. The summed E-state index contributed by atoms with van der Waals surface area (Å²) in [5, 5.41) is 12.0. The van der Waals surface area contributed by atoms with Crippen LogP contribution >= 0.6 is 0 Å². The van der Waals surface area contributed by atoms with E-state index in [1.54, 1.807) is 41.3 Å². The number of hydrogen-bond donors (Lipinski definition) is 1. The summed E-state index contributed by atoms with van der Waals surface area (Å²) in [4.78, 5) is 0.229. The Kier molecular flexibility index (Phi) is 4.04. The van der Waals surface area contributed by atoms with Crippen LogP contribution in [0.2, 0.25) is 0 Å². The molecule has 0 fully saturated rings. The van der Waals surface area contributed by atoms with Gasteiger partial charge in [-0.25, -0.2) is 8.42 Å². The highest BCUT2D eigenvalue weighted by molar-refractivity contribution is 7.92. The number of hydrogen-bond acceptors (Lipinski definition) is 5. The van der Waals surface area contributed by atoms with E-state index in [1.807, 2.05) is 0 Å². The van der Waals surface area contributed by atoms with Crippen molar-refractivity contribution in [3.05, 3.63) is 36.0 Å². The summed E-state index contributed by atoms with van der Waals surface area (Å²) in [5.41, 5.74) is 2.22. The number of aromatic nitrogens is 5. The third-order valence-corrected chi connectivity index (χ3v) is 5.30. The molecular formula is C15H20N6O2S. The van der Waals surface area contributed by atoms with Gasteiger partial charge < -0.3 is 0 Å².